The van der Waals surface area contributed by atoms with Gasteiger partial charge in [0.15, 0.2) is 0 Å². The van der Waals surface area contributed by atoms with Crippen molar-refractivity contribution in [3.05, 3.63) is 24.3 Å². The lowest BCUT2D eigenvalue weighted by atomic mass is 10.0. The van der Waals surface area contributed by atoms with E-state index in [4.69, 9.17) is 0 Å². The molecule has 0 radical (unpaired) electrons. The fourth-order valence-electron chi connectivity index (χ4n) is 4.51. The molecule has 3 N–H and O–H groups in total. The highest BCUT2D eigenvalue weighted by molar-refractivity contribution is 7.85. The molecule has 0 heterocycles. The predicted octanol–water partition coefficient (Wildman–Crippen LogP) is 8.06. The lowest BCUT2D eigenvalue weighted by Gasteiger charge is -2.21. The van der Waals surface area contributed by atoms with Gasteiger partial charge in [0.1, 0.15) is 0 Å². The number of hydrogen-bond acceptors (Lipinski definition) is 4. The first kappa shape index (κ1) is 36.8. The molecule has 2 unspecified atom stereocenters. The Hall–Kier alpha value is -1.18. The number of carbonyl (C=O) groups excluding carboxylic acids is 1. The van der Waals surface area contributed by atoms with Gasteiger partial charge in [-0.15, -0.1) is 0 Å². The van der Waals surface area contributed by atoms with Gasteiger partial charge in [-0.25, -0.2) is 0 Å². The molecule has 2 atom stereocenters. The van der Waals surface area contributed by atoms with Crippen LogP contribution in [0.1, 0.15) is 149 Å². The number of allylic oxidation sites excluding steroid dienone is 3. The summed E-state index contributed by atoms with van der Waals surface area (Å²) >= 11 is 0. The molecule has 0 aromatic carbocycles. The molecule has 6 nitrogen and oxygen atoms in total. The Balaban J connectivity index is 4.01. The fourth-order valence-corrected chi connectivity index (χ4v) is 5.24. The lowest BCUT2D eigenvalue weighted by Crippen LogP contribution is -2.46. The van der Waals surface area contributed by atoms with Gasteiger partial charge in [0.05, 0.1) is 17.9 Å². The van der Waals surface area contributed by atoms with Crippen molar-refractivity contribution in [1.82, 2.24) is 5.32 Å². The van der Waals surface area contributed by atoms with Gasteiger partial charge in [-0.05, 0) is 25.7 Å². The summed E-state index contributed by atoms with van der Waals surface area (Å²) < 4.78 is 32.0. The molecule has 0 aliphatic rings. The van der Waals surface area contributed by atoms with Gasteiger partial charge in [0, 0.05) is 6.42 Å². The van der Waals surface area contributed by atoms with Gasteiger partial charge in [0.25, 0.3) is 10.1 Å². The van der Waals surface area contributed by atoms with Crippen LogP contribution in [0.15, 0.2) is 24.3 Å². The zero-order valence-electron chi connectivity index (χ0n) is 24.5. The first-order valence-corrected chi connectivity index (χ1v) is 17.1. The number of aliphatic hydroxyl groups excluding tert-OH is 1. The normalized spacial score (nSPS) is 13.9. The Bertz CT molecular complexity index is 705. The van der Waals surface area contributed by atoms with E-state index in [2.05, 4.69) is 31.3 Å². The Kier molecular flexibility index (Phi) is 25.3. The maximum Gasteiger partial charge on any atom is 0.267 e. The van der Waals surface area contributed by atoms with E-state index in [9.17, 15) is 22.9 Å². The summed E-state index contributed by atoms with van der Waals surface area (Å²) in [6.45, 7) is 4.41. The molecule has 0 bridgehead atoms. The van der Waals surface area contributed by atoms with Crippen LogP contribution in [0.3, 0.4) is 0 Å². The summed E-state index contributed by atoms with van der Waals surface area (Å²) in [5, 5.41) is 13.0. The summed E-state index contributed by atoms with van der Waals surface area (Å²) in [4.78, 5) is 12.3. The summed E-state index contributed by atoms with van der Waals surface area (Å²) in [5.74, 6) is -1.00. The highest BCUT2D eigenvalue weighted by Crippen LogP contribution is 2.14. The Morgan fingerprint density at radius 1 is 0.684 bits per heavy atom. The number of amides is 1. The first-order valence-electron chi connectivity index (χ1n) is 15.5. The van der Waals surface area contributed by atoms with Crippen LogP contribution in [-0.2, 0) is 14.9 Å². The molecule has 0 spiro atoms. The van der Waals surface area contributed by atoms with Crippen molar-refractivity contribution in [3.63, 3.8) is 0 Å². The Morgan fingerprint density at radius 2 is 1.13 bits per heavy atom. The van der Waals surface area contributed by atoms with Crippen LogP contribution >= 0.6 is 0 Å². The third kappa shape index (κ3) is 26.4. The van der Waals surface area contributed by atoms with Crippen molar-refractivity contribution in [1.29, 1.82) is 0 Å². The zero-order chi connectivity index (χ0) is 28.3. The van der Waals surface area contributed by atoms with Gasteiger partial charge in [-0.1, -0.05) is 141 Å². The van der Waals surface area contributed by atoms with Crippen LogP contribution in [0.25, 0.3) is 0 Å². The smallest absolute Gasteiger partial charge is 0.267 e. The zero-order valence-corrected chi connectivity index (χ0v) is 25.4. The van der Waals surface area contributed by atoms with Crippen molar-refractivity contribution in [2.24, 2.45) is 0 Å². The van der Waals surface area contributed by atoms with Gasteiger partial charge in [-0.2, -0.15) is 8.42 Å². The van der Waals surface area contributed by atoms with Crippen LogP contribution < -0.4 is 5.32 Å². The number of unbranched alkanes of at least 4 members (excludes halogenated alkanes) is 17. The van der Waals surface area contributed by atoms with Crippen molar-refractivity contribution >= 4 is 16.0 Å². The highest BCUT2D eigenvalue weighted by Gasteiger charge is 2.24. The van der Waals surface area contributed by atoms with Crippen LogP contribution in [0.5, 0.6) is 0 Å². The quantitative estimate of drug-likeness (QED) is 0.0538. The van der Waals surface area contributed by atoms with E-state index in [0.717, 1.165) is 38.5 Å². The van der Waals surface area contributed by atoms with E-state index in [0.29, 0.717) is 12.8 Å². The fraction of sp³-hybridized carbons (Fsp3) is 0.839. The van der Waals surface area contributed by atoms with Crippen molar-refractivity contribution in [3.8, 4) is 0 Å². The minimum atomic E-state index is -4.33. The van der Waals surface area contributed by atoms with E-state index in [1.807, 2.05) is 0 Å². The Morgan fingerprint density at radius 3 is 1.63 bits per heavy atom. The second-order valence-corrected chi connectivity index (χ2v) is 12.2. The number of rotatable bonds is 27. The maximum absolute atomic E-state index is 12.3. The molecular weight excluding hydrogens is 498 g/mol. The molecule has 7 heteroatoms. The van der Waals surface area contributed by atoms with Gasteiger partial charge in [-0.3, -0.25) is 9.35 Å². The molecule has 0 fully saturated rings. The average molecular weight is 558 g/mol. The van der Waals surface area contributed by atoms with Gasteiger partial charge in [0.2, 0.25) is 5.91 Å². The number of nitrogens with one attached hydrogen (secondary N) is 1. The molecule has 224 valence electrons. The topological polar surface area (TPSA) is 104 Å². The molecule has 0 saturated heterocycles. The largest absolute Gasteiger partial charge is 0.387 e. The monoisotopic (exact) mass is 557 g/mol. The molecule has 1 amide bonds. The molecule has 0 rings (SSSR count). The molecule has 38 heavy (non-hydrogen) atoms. The summed E-state index contributed by atoms with van der Waals surface area (Å²) in [6.07, 6.45) is 30.3. The summed E-state index contributed by atoms with van der Waals surface area (Å²) in [7, 11) is -4.33. The molecule has 0 aromatic rings. The van der Waals surface area contributed by atoms with Crippen LogP contribution in [0.2, 0.25) is 0 Å². The van der Waals surface area contributed by atoms with E-state index in [-0.39, 0.29) is 5.91 Å². The molecule has 0 aliphatic carbocycles. The van der Waals surface area contributed by atoms with Gasteiger partial charge >= 0.3 is 0 Å². The minimum Gasteiger partial charge on any atom is -0.387 e. The van der Waals surface area contributed by atoms with E-state index < -0.39 is 28.0 Å². The van der Waals surface area contributed by atoms with Crippen molar-refractivity contribution < 1.29 is 22.9 Å². The maximum atomic E-state index is 12.3. The standard InChI is InChI=1S/C31H59NO5S/c1-3-5-7-9-11-13-14-15-16-17-18-19-21-23-25-27-31(34)32-29(28-38(35,36)37)30(33)26-24-22-20-12-10-8-6-4-2/h10,12,24,26,29-30,33H,3-9,11,13-23,25,27-28H2,1-2H3,(H,32,34)(H,35,36,37)/b12-10+,26-24+. The molecule has 0 saturated carbocycles. The second kappa shape index (κ2) is 26.1. The van der Waals surface area contributed by atoms with Crippen LogP contribution in [-0.4, -0.2) is 41.9 Å². The number of aliphatic hydroxyl groups is 1. The average Bonchev–Trinajstić information content (AvgIpc) is 2.86. The predicted molar refractivity (Wildman–Crippen MR) is 161 cm³/mol. The molecular formula is C31H59NO5S. The highest BCUT2D eigenvalue weighted by atomic mass is 32.2. The molecule has 0 aromatic heterocycles. The third-order valence-corrected chi connectivity index (χ3v) is 7.66. The van der Waals surface area contributed by atoms with E-state index in [1.54, 1.807) is 6.08 Å². The van der Waals surface area contributed by atoms with E-state index in [1.165, 1.54) is 89.5 Å². The first-order chi connectivity index (χ1) is 18.3. The second-order valence-electron chi connectivity index (χ2n) is 10.7. The number of hydrogen-bond donors (Lipinski definition) is 3. The lowest BCUT2D eigenvalue weighted by molar-refractivity contribution is -0.122. The summed E-state index contributed by atoms with van der Waals surface area (Å²) in [5.41, 5.74) is 0. The van der Waals surface area contributed by atoms with Crippen molar-refractivity contribution in [2.45, 2.75) is 161 Å². The van der Waals surface area contributed by atoms with E-state index >= 15 is 0 Å². The van der Waals surface area contributed by atoms with Gasteiger partial charge < -0.3 is 10.4 Å². The van der Waals surface area contributed by atoms with Crippen molar-refractivity contribution in [2.75, 3.05) is 5.75 Å². The minimum absolute atomic E-state index is 0.291. The Labute approximate surface area is 234 Å². The van der Waals surface area contributed by atoms with Crippen LogP contribution in [0.4, 0.5) is 0 Å². The molecule has 0 aliphatic heterocycles. The summed E-state index contributed by atoms with van der Waals surface area (Å²) in [6, 6.07) is -1.06. The number of carbonyl (C=O) groups is 1. The van der Waals surface area contributed by atoms with Crippen LogP contribution in [0, 0.1) is 0 Å². The SMILES string of the molecule is CCCC/C=C/CC/C=C/C(O)C(CS(=O)(=O)O)NC(=O)CCCCCCCCCCCCCCCCC. The third-order valence-electron chi connectivity index (χ3n) is 6.88.